The first kappa shape index (κ1) is 27.4. The Bertz CT molecular complexity index is 1330. The summed E-state index contributed by atoms with van der Waals surface area (Å²) in [5.74, 6) is -0.0723. The fourth-order valence-electron chi connectivity index (χ4n) is 4.54. The highest BCUT2D eigenvalue weighted by molar-refractivity contribution is 7.89. The van der Waals surface area contributed by atoms with Crippen LogP contribution in [0.5, 0.6) is 5.75 Å². The van der Waals surface area contributed by atoms with Crippen LogP contribution in [-0.4, -0.2) is 73.9 Å². The summed E-state index contributed by atoms with van der Waals surface area (Å²) in [6.45, 7) is 9.53. The number of carbonyl (C=O) groups is 1. The fourth-order valence-corrected chi connectivity index (χ4v) is 7.22. The molecule has 1 aromatic heterocycles. The molecule has 1 fully saturated rings. The van der Waals surface area contributed by atoms with Gasteiger partial charge in [-0.1, -0.05) is 25.2 Å². The third-order valence-electron chi connectivity index (χ3n) is 6.60. The molecule has 11 heteroatoms. The van der Waals surface area contributed by atoms with Crippen LogP contribution < -0.4 is 9.64 Å². The summed E-state index contributed by atoms with van der Waals surface area (Å²) in [6.07, 6.45) is 0.985. The molecule has 0 N–H and O–H groups in total. The molecule has 1 amide bonds. The molecule has 4 rings (SSSR count). The van der Waals surface area contributed by atoms with Gasteiger partial charge in [0, 0.05) is 19.6 Å². The van der Waals surface area contributed by atoms with E-state index in [1.807, 2.05) is 25.1 Å². The quantitative estimate of drug-likeness (QED) is 0.354. The maximum atomic E-state index is 14.0. The molecule has 0 aliphatic carbocycles. The van der Waals surface area contributed by atoms with Crippen molar-refractivity contribution < 1.29 is 22.3 Å². The van der Waals surface area contributed by atoms with E-state index in [1.165, 1.54) is 27.8 Å². The maximum Gasteiger partial charge on any atom is 0.247 e. The number of sulfonamides is 1. The first-order chi connectivity index (χ1) is 17.8. The van der Waals surface area contributed by atoms with Crippen LogP contribution in [-0.2, 0) is 14.8 Å². The van der Waals surface area contributed by atoms with E-state index in [0.29, 0.717) is 37.7 Å². The zero-order chi connectivity index (χ0) is 26.6. The number of likely N-dealkylation sites (N-methyl/N-ethyl adjacent to an activating group) is 1. The standard InChI is InChI=1S/C26H33FN4O4S2/c1-4-29(5-2)16-17-30(26-28-22-14-11-20(35-6-3)18-24(22)36-26)25(32)23-8-7-15-31(23)37(33,34)21-12-9-19(27)10-13-21/h9-14,18,23H,4-8,15-17H2,1-3H3. The van der Waals surface area contributed by atoms with Gasteiger partial charge in [0.2, 0.25) is 15.9 Å². The van der Waals surface area contributed by atoms with E-state index in [0.717, 1.165) is 41.2 Å². The largest absolute Gasteiger partial charge is 0.494 e. The normalized spacial score (nSPS) is 16.5. The van der Waals surface area contributed by atoms with Gasteiger partial charge in [-0.15, -0.1) is 0 Å². The molecule has 200 valence electrons. The van der Waals surface area contributed by atoms with E-state index in [4.69, 9.17) is 9.72 Å². The van der Waals surface area contributed by atoms with Crippen LogP contribution in [0.4, 0.5) is 9.52 Å². The molecule has 0 radical (unpaired) electrons. The van der Waals surface area contributed by atoms with Crippen LogP contribution in [0.2, 0.25) is 0 Å². The number of halogens is 1. The molecule has 0 saturated carbocycles. The molecule has 0 spiro atoms. The number of fused-ring (bicyclic) bond motifs is 1. The van der Waals surface area contributed by atoms with Gasteiger partial charge >= 0.3 is 0 Å². The summed E-state index contributed by atoms with van der Waals surface area (Å²) in [6, 6.07) is 9.51. The smallest absolute Gasteiger partial charge is 0.247 e. The highest BCUT2D eigenvalue weighted by atomic mass is 32.2. The minimum absolute atomic E-state index is 0.0215. The Balaban J connectivity index is 1.67. The van der Waals surface area contributed by atoms with Gasteiger partial charge < -0.3 is 9.64 Å². The number of amides is 1. The zero-order valence-electron chi connectivity index (χ0n) is 21.4. The van der Waals surface area contributed by atoms with Crippen molar-refractivity contribution >= 4 is 42.6 Å². The Morgan fingerprint density at radius 3 is 2.54 bits per heavy atom. The van der Waals surface area contributed by atoms with Crippen molar-refractivity contribution in [2.75, 3.05) is 44.2 Å². The molecule has 0 bridgehead atoms. The first-order valence-electron chi connectivity index (χ1n) is 12.6. The van der Waals surface area contributed by atoms with Crippen LogP contribution >= 0.6 is 11.3 Å². The monoisotopic (exact) mass is 548 g/mol. The summed E-state index contributed by atoms with van der Waals surface area (Å²) >= 11 is 1.39. The molecule has 2 heterocycles. The van der Waals surface area contributed by atoms with Crippen molar-refractivity contribution in [2.24, 2.45) is 0 Å². The van der Waals surface area contributed by atoms with E-state index < -0.39 is 21.9 Å². The van der Waals surface area contributed by atoms with E-state index in [1.54, 1.807) is 4.90 Å². The number of nitrogens with zero attached hydrogens (tertiary/aromatic N) is 4. The van der Waals surface area contributed by atoms with Crippen molar-refractivity contribution in [2.45, 2.75) is 44.6 Å². The summed E-state index contributed by atoms with van der Waals surface area (Å²) < 4.78 is 48.0. The average Bonchev–Trinajstić information content (AvgIpc) is 3.54. The van der Waals surface area contributed by atoms with Gasteiger partial charge in [-0.3, -0.25) is 9.69 Å². The highest BCUT2D eigenvalue weighted by Crippen LogP contribution is 2.34. The van der Waals surface area contributed by atoms with Gasteiger partial charge in [-0.05, 0) is 75.3 Å². The second kappa shape index (κ2) is 11.8. The topological polar surface area (TPSA) is 83.1 Å². The second-order valence-electron chi connectivity index (χ2n) is 8.80. The van der Waals surface area contributed by atoms with E-state index >= 15 is 0 Å². The fraction of sp³-hybridized carbons (Fsp3) is 0.462. The Morgan fingerprint density at radius 1 is 1.14 bits per heavy atom. The van der Waals surface area contributed by atoms with Gasteiger partial charge in [0.15, 0.2) is 5.13 Å². The number of rotatable bonds is 11. The Hall–Kier alpha value is -2.60. The van der Waals surface area contributed by atoms with Crippen molar-refractivity contribution in [3.8, 4) is 5.75 Å². The second-order valence-corrected chi connectivity index (χ2v) is 11.7. The van der Waals surface area contributed by atoms with Crippen molar-refractivity contribution in [1.82, 2.24) is 14.2 Å². The minimum atomic E-state index is -3.97. The maximum absolute atomic E-state index is 14.0. The number of ether oxygens (including phenoxy) is 1. The number of anilines is 1. The van der Waals surface area contributed by atoms with Gasteiger partial charge in [0.25, 0.3) is 0 Å². The minimum Gasteiger partial charge on any atom is -0.494 e. The Morgan fingerprint density at radius 2 is 1.86 bits per heavy atom. The molecule has 3 aromatic rings. The van der Waals surface area contributed by atoms with Gasteiger partial charge in [0.05, 0.1) is 21.7 Å². The summed E-state index contributed by atoms with van der Waals surface area (Å²) in [5, 5.41) is 0.534. The molecule has 1 saturated heterocycles. The molecule has 1 unspecified atom stereocenters. The van der Waals surface area contributed by atoms with Crippen molar-refractivity contribution in [3.63, 3.8) is 0 Å². The van der Waals surface area contributed by atoms with Gasteiger partial charge in [-0.2, -0.15) is 4.31 Å². The lowest BCUT2D eigenvalue weighted by molar-refractivity contribution is -0.121. The van der Waals surface area contributed by atoms with Crippen LogP contribution in [0.3, 0.4) is 0 Å². The van der Waals surface area contributed by atoms with E-state index in [2.05, 4.69) is 18.7 Å². The lowest BCUT2D eigenvalue weighted by atomic mass is 10.2. The highest BCUT2D eigenvalue weighted by Gasteiger charge is 2.42. The lowest BCUT2D eigenvalue weighted by Gasteiger charge is -2.30. The molecular formula is C26H33FN4O4S2. The molecule has 8 nitrogen and oxygen atoms in total. The van der Waals surface area contributed by atoms with Crippen LogP contribution in [0.15, 0.2) is 47.4 Å². The Kier molecular flexibility index (Phi) is 8.79. The van der Waals surface area contributed by atoms with Crippen LogP contribution in [0.1, 0.15) is 33.6 Å². The van der Waals surface area contributed by atoms with Gasteiger partial charge in [0.1, 0.15) is 17.6 Å². The molecular weight excluding hydrogens is 515 g/mol. The van der Waals surface area contributed by atoms with Gasteiger partial charge in [-0.25, -0.2) is 17.8 Å². The number of aromatic nitrogens is 1. The molecule has 2 aromatic carbocycles. The summed E-state index contributed by atoms with van der Waals surface area (Å²) in [7, 11) is -3.97. The third-order valence-corrected chi connectivity index (χ3v) is 9.56. The van der Waals surface area contributed by atoms with Crippen LogP contribution in [0.25, 0.3) is 10.2 Å². The third kappa shape index (κ3) is 5.95. The number of benzene rings is 2. The lowest BCUT2D eigenvalue weighted by Crippen LogP contribution is -2.49. The Labute approximate surface area is 221 Å². The molecule has 1 aliphatic rings. The molecule has 1 aliphatic heterocycles. The van der Waals surface area contributed by atoms with Crippen molar-refractivity contribution in [3.05, 3.63) is 48.3 Å². The number of hydrogen-bond donors (Lipinski definition) is 0. The number of hydrogen-bond acceptors (Lipinski definition) is 7. The van der Waals surface area contributed by atoms with Crippen molar-refractivity contribution in [1.29, 1.82) is 0 Å². The average molecular weight is 549 g/mol. The molecule has 1 atom stereocenters. The zero-order valence-corrected chi connectivity index (χ0v) is 23.0. The predicted octanol–water partition coefficient (Wildman–Crippen LogP) is 4.36. The summed E-state index contributed by atoms with van der Waals surface area (Å²) in [5.41, 5.74) is 0.756. The summed E-state index contributed by atoms with van der Waals surface area (Å²) in [4.78, 5) is 22.6. The van der Waals surface area contributed by atoms with E-state index in [9.17, 15) is 17.6 Å². The first-order valence-corrected chi connectivity index (χ1v) is 14.9. The van der Waals surface area contributed by atoms with Crippen LogP contribution in [0, 0.1) is 5.82 Å². The number of carbonyl (C=O) groups excluding carboxylic acids is 1. The SMILES string of the molecule is CCOc1ccc2nc(N(CCN(CC)CC)C(=O)C3CCCN3S(=O)(=O)c3ccc(F)cc3)sc2c1. The number of thiazole rings is 1. The van der Waals surface area contributed by atoms with E-state index in [-0.39, 0.29) is 17.3 Å². The molecule has 37 heavy (non-hydrogen) atoms. The predicted molar refractivity (Wildman–Crippen MR) is 144 cm³/mol.